The summed E-state index contributed by atoms with van der Waals surface area (Å²) in [7, 11) is 3.15. The number of aliphatic carboxylic acids is 1. The molecule has 8 heteroatoms. The zero-order valence-electron chi connectivity index (χ0n) is 17.4. The maximum atomic E-state index is 11.6. The number of benzene rings is 2. The van der Waals surface area contributed by atoms with Crippen molar-refractivity contribution in [1.29, 1.82) is 0 Å². The standard InChI is InChI=1S/C23H25N3O5/c1-30-17-6-7-18(21(12-17)31-2)20-9-4-16(5-10-22(27)28)26(20)19-8-3-14(23(25)29)11-15(19)13-24/h3-4,6-9,11-12H,5,10,13,24H2,1-2H3,(H2,25,29)(H,27,28). The molecule has 5 N–H and O–H groups in total. The average molecular weight is 423 g/mol. The largest absolute Gasteiger partial charge is 0.497 e. The van der Waals surface area contributed by atoms with Crippen LogP contribution in [0.5, 0.6) is 11.5 Å². The van der Waals surface area contributed by atoms with Crippen LogP contribution in [0.4, 0.5) is 0 Å². The molecule has 0 aliphatic rings. The minimum absolute atomic E-state index is 0.0273. The molecule has 1 amide bonds. The molecule has 162 valence electrons. The number of carboxylic acid groups (broad SMARTS) is 1. The summed E-state index contributed by atoms with van der Waals surface area (Å²) in [6.45, 7) is 0.173. The third-order valence-electron chi connectivity index (χ3n) is 5.07. The first kappa shape index (κ1) is 21.9. The van der Waals surface area contributed by atoms with Gasteiger partial charge in [-0.2, -0.15) is 0 Å². The number of hydrogen-bond acceptors (Lipinski definition) is 5. The van der Waals surface area contributed by atoms with E-state index in [0.717, 1.165) is 22.6 Å². The van der Waals surface area contributed by atoms with Gasteiger partial charge >= 0.3 is 5.97 Å². The highest BCUT2D eigenvalue weighted by atomic mass is 16.5. The molecule has 3 rings (SSSR count). The first-order valence-corrected chi connectivity index (χ1v) is 9.67. The van der Waals surface area contributed by atoms with Crippen molar-refractivity contribution in [3.8, 4) is 28.4 Å². The van der Waals surface area contributed by atoms with E-state index in [2.05, 4.69) is 0 Å². The van der Waals surface area contributed by atoms with Crippen molar-refractivity contribution in [2.24, 2.45) is 11.5 Å². The van der Waals surface area contributed by atoms with Gasteiger partial charge in [0, 0.05) is 29.4 Å². The second kappa shape index (κ2) is 9.36. The van der Waals surface area contributed by atoms with Gasteiger partial charge < -0.3 is 30.6 Å². The number of methoxy groups -OCH3 is 2. The van der Waals surface area contributed by atoms with Crippen LogP contribution in [0.25, 0.3) is 16.9 Å². The summed E-state index contributed by atoms with van der Waals surface area (Å²) in [6.07, 6.45) is 0.288. The maximum absolute atomic E-state index is 11.6. The highest BCUT2D eigenvalue weighted by Crippen LogP contribution is 2.37. The van der Waals surface area contributed by atoms with Crippen LogP contribution in [0.15, 0.2) is 48.5 Å². The summed E-state index contributed by atoms with van der Waals surface area (Å²) >= 11 is 0. The zero-order valence-corrected chi connectivity index (χ0v) is 17.4. The molecule has 0 bridgehead atoms. The van der Waals surface area contributed by atoms with Crippen molar-refractivity contribution in [3.05, 3.63) is 65.4 Å². The monoisotopic (exact) mass is 423 g/mol. The van der Waals surface area contributed by atoms with Gasteiger partial charge in [0.25, 0.3) is 0 Å². The van der Waals surface area contributed by atoms with E-state index in [1.54, 1.807) is 38.5 Å². The number of amides is 1. The lowest BCUT2D eigenvalue weighted by atomic mass is 10.1. The zero-order chi connectivity index (χ0) is 22.5. The van der Waals surface area contributed by atoms with Crippen molar-refractivity contribution in [1.82, 2.24) is 4.57 Å². The third-order valence-corrected chi connectivity index (χ3v) is 5.07. The second-order valence-electron chi connectivity index (χ2n) is 6.92. The molecule has 0 spiro atoms. The van der Waals surface area contributed by atoms with Crippen LogP contribution in [0.2, 0.25) is 0 Å². The number of primary amides is 1. The molecule has 0 saturated carbocycles. The van der Waals surface area contributed by atoms with Gasteiger partial charge in [0.2, 0.25) is 5.91 Å². The summed E-state index contributed by atoms with van der Waals surface area (Å²) in [5.74, 6) is -0.179. The molecular weight excluding hydrogens is 398 g/mol. The third kappa shape index (κ3) is 4.54. The fraction of sp³-hybridized carbons (Fsp3) is 0.217. The molecule has 0 unspecified atom stereocenters. The van der Waals surface area contributed by atoms with Crippen LogP contribution in [0.3, 0.4) is 0 Å². The molecule has 31 heavy (non-hydrogen) atoms. The fourth-order valence-corrected chi connectivity index (χ4v) is 3.53. The Morgan fingerprint density at radius 3 is 2.42 bits per heavy atom. The van der Waals surface area contributed by atoms with Crippen molar-refractivity contribution in [2.75, 3.05) is 14.2 Å². The van der Waals surface area contributed by atoms with Gasteiger partial charge in [-0.1, -0.05) is 0 Å². The van der Waals surface area contributed by atoms with Crippen LogP contribution in [0.1, 0.15) is 28.0 Å². The number of carbonyl (C=O) groups excluding carboxylic acids is 1. The molecule has 1 aromatic heterocycles. The van der Waals surface area contributed by atoms with Crippen molar-refractivity contribution < 1.29 is 24.2 Å². The predicted octanol–water partition coefficient (Wildman–Crippen LogP) is 2.74. The van der Waals surface area contributed by atoms with E-state index in [1.807, 2.05) is 28.8 Å². The van der Waals surface area contributed by atoms with Gasteiger partial charge in [0.05, 0.1) is 32.0 Å². The lowest BCUT2D eigenvalue weighted by Gasteiger charge is -2.19. The number of aromatic nitrogens is 1. The molecule has 3 aromatic rings. The molecule has 0 aliphatic carbocycles. The van der Waals surface area contributed by atoms with Crippen LogP contribution >= 0.6 is 0 Å². The van der Waals surface area contributed by atoms with Crippen molar-refractivity contribution in [2.45, 2.75) is 19.4 Å². The number of ether oxygens (including phenoxy) is 2. The Kier molecular flexibility index (Phi) is 6.61. The van der Waals surface area contributed by atoms with Gasteiger partial charge in [0.15, 0.2) is 0 Å². The Morgan fingerprint density at radius 1 is 1.03 bits per heavy atom. The van der Waals surface area contributed by atoms with E-state index in [-0.39, 0.29) is 13.0 Å². The summed E-state index contributed by atoms with van der Waals surface area (Å²) < 4.78 is 12.8. The molecule has 0 radical (unpaired) electrons. The Morgan fingerprint density at radius 2 is 1.81 bits per heavy atom. The van der Waals surface area contributed by atoms with Gasteiger partial charge in [-0.05, 0) is 54.4 Å². The van der Waals surface area contributed by atoms with E-state index in [9.17, 15) is 14.7 Å². The highest BCUT2D eigenvalue weighted by molar-refractivity contribution is 5.93. The maximum Gasteiger partial charge on any atom is 0.303 e. The molecule has 8 nitrogen and oxygen atoms in total. The molecule has 2 aromatic carbocycles. The minimum atomic E-state index is -0.889. The summed E-state index contributed by atoms with van der Waals surface area (Å²) in [5, 5.41) is 9.18. The Balaban J connectivity index is 2.24. The molecule has 0 atom stereocenters. The van der Waals surface area contributed by atoms with Crippen molar-refractivity contribution >= 4 is 11.9 Å². The molecule has 1 heterocycles. The number of aryl methyl sites for hydroxylation is 1. The van der Waals surface area contributed by atoms with Gasteiger partial charge in [-0.25, -0.2) is 0 Å². The number of rotatable bonds is 9. The SMILES string of the molecule is COc1ccc(-c2ccc(CCC(=O)O)n2-c2ccc(C(N)=O)cc2CN)c(OC)c1. The van der Waals surface area contributed by atoms with E-state index in [1.165, 1.54) is 0 Å². The lowest BCUT2D eigenvalue weighted by Crippen LogP contribution is -2.14. The lowest BCUT2D eigenvalue weighted by molar-refractivity contribution is -0.136. The predicted molar refractivity (Wildman–Crippen MR) is 117 cm³/mol. The number of carbonyl (C=O) groups is 2. The topological polar surface area (TPSA) is 130 Å². The Hall–Kier alpha value is -3.78. The van der Waals surface area contributed by atoms with Crippen LogP contribution < -0.4 is 20.9 Å². The quantitative estimate of drug-likeness (QED) is 0.485. The van der Waals surface area contributed by atoms with Crippen LogP contribution in [0, 0.1) is 0 Å². The van der Waals surface area contributed by atoms with E-state index >= 15 is 0 Å². The first-order chi connectivity index (χ1) is 14.9. The molecule has 0 aliphatic heterocycles. The highest BCUT2D eigenvalue weighted by Gasteiger charge is 2.19. The number of carboxylic acids is 1. The Bertz CT molecular complexity index is 1120. The van der Waals surface area contributed by atoms with Crippen LogP contribution in [-0.2, 0) is 17.8 Å². The average Bonchev–Trinajstić information content (AvgIpc) is 3.19. The fourth-order valence-electron chi connectivity index (χ4n) is 3.53. The number of nitrogens with two attached hydrogens (primary N) is 2. The molecule has 0 fully saturated rings. The second-order valence-corrected chi connectivity index (χ2v) is 6.92. The minimum Gasteiger partial charge on any atom is -0.497 e. The van der Waals surface area contributed by atoms with Gasteiger partial charge in [-0.3, -0.25) is 9.59 Å². The summed E-state index contributed by atoms with van der Waals surface area (Å²) in [4.78, 5) is 22.8. The van der Waals surface area contributed by atoms with E-state index in [0.29, 0.717) is 29.0 Å². The van der Waals surface area contributed by atoms with E-state index < -0.39 is 11.9 Å². The van der Waals surface area contributed by atoms with Gasteiger partial charge in [-0.15, -0.1) is 0 Å². The smallest absolute Gasteiger partial charge is 0.303 e. The van der Waals surface area contributed by atoms with Crippen molar-refractivity contribution in [3.63, 3.8) is 0 Å². The molecular formula is C23H25N3O5. The normalized spacial score (nSPS) is 10.7. The number of hydrogen-bond donors (Lipinski definition) is 3. The van der Waals surface area contributed by atoms with Gasteiger partial charge in [0.1, 0.15) is 11.5 Å². The first-order valence-electron chi connectivity index (χ1n) is 9.67. The Labute approximate surface area is 180 Å². The molecule has 0 saturated heterocycles. The summed E-state index contributed by atoms with van der Waals surface area (Å²) in [6, 6.07) is 14.3. The van der Waals surface area contributed by atoms with Crippen LogP contribution in [-0.4, -0.2) is 35.8 Å². The number of nitrogens with zero attached hydrogens (tertiary/aromatic N) is 1. The van der Waals surface area contributed by atoms with E-state index in [4.69, 9.17) is 20.9 Å². The summed E-state index contributed by atoms with van der Waals surface area (Å²) in [5.41, 5.74) is 15.6.